The molecule has 27 heavy (non-hydrogen) atoms. The number of benzene rings is 1. The van der Waals surface area contributed by atoms with E-state index < -0.39 is 0 Å². The maximum atomic E-state index is 12.2. The molecule has 1 aromatic carbocycles. The third kappa shape index (κ3) is 6.42. The molecule has 1 aromatic rings. The number of hydrogen-bond donors (Lipinski definition) is 0. The number of rotatable bonds is 13. The predicted octanol–water partition coefficient (Wildman–Crippen LogP) is 1.29. The molecule has 8 heteroatoms. The van der Waals surface area contributed by atoms with E-state index in [2.05, 4.69) is 0 Å². The van der Waals surface area contributed by atoms with E-state index in [0.717, 1.165) is 0 Å². The quantitative estimate of drug-likeness (QED) is 0.290. The number of nitrogens with zero attached hydrogens (tertiary/aromatic N) is 1. The Hall–Kier alpha value is -2.29. The highest BCUT2D eigenvalue weighted by Crippen LogP contribution is 2.21. The Labute approximate surface area is 158 Å². The van der Waals surface area contributed by atoms with Crippen LogP contribution in [0.15, 0.2) is 24.3 Å². The van der Waals surface area contributed by atoms with Crippen molar-refractivity contribution < 1.29 is 33.3 Å². The molecule has 1 aliphatic heterocycles. The second kappa shape index (κ2) is 11.4. The van der Waals surface area contributed by atoms with Gasteiger partial charge in [-0.15, -0.1) is 0 Å². The Balaban J connectivity index is 1.46. The molecule has 0 saturated heterocycles. The fourth-order valence-corrected chi connectivity index (χ4v) is 2.53. The molecule has 0 fully saturated rings. The molecule has 0 saturated carbocycles. The second-order valence-corrected chi connectivity index (χ2v) is 5.70. The molecule has 0 bridgehead atoms. The van der Waals surface area contributed by atoms with Crippen molar-refractivity contribution in [3.05, 3.63) is 35.4 Å². The van der Waals surface area contributed by atoms with E-state index in [4.69, 9.17) is 18.9 Å². The summed E-state index contributed by atoms with van der Waals surface area (Å²) >= 11 is 0. The van der Waals surface area contributed by atoms with Crippen molar-refractivity contribution in [2.45, 2.75) is 13.3 Å². The van der Waals surface area contributed by atoms with Crippen molar-refractivity contribution in [3.8, 4) is 0 Å². The minimum atomic E-state index is -0.282. The van der Waals surface area contributed by atoms with Gasteiger partial charge in [-0.2, -0.15) is 0 Å². The van der Waals surface area contributed by atoms with Crippen LogP contribution in [0.3, 0.4) is 0 Å². The van der Waals surface area contributed by atoms with Crippen LogP contribution in [0.5, 0.6) is 0 Å². The monoisotopic (exact) mass is 379 g/mol. The maximum absolute atomic E-state index is 12.2. The molecule has 0 N–H and O–H groups in total. The number of carbonyl (C=O) groups excluding carboxylic acids is 3. The summed E-state index contributed by atoms with van der Waals surface area (Å²) in [6, 6.07) is 6.78. The highest BCUT2D eigenvalue weighted by Gasteiger charge is 2.34. The van der Waals surface area contributed by atoms with Gasteiger partial charge in [-0.05, 0) is 19.1 Å². The lowest BCUT2D eigenvalue weighted by Gasteiger charge is -2.13. The molecule has 148 valence electrons. The van der Waals surface area contributed by atoms with Gasteiger partial charge in [-0.3, -0.25) is 19.3 Å². The van der Waals surface area contributed by atoms with E-state index in [0.29, 0.717) is 50.8 Å². The van der Waals surface area contributed by atoms with Gasteiger partial charge < -0.3 is 18.9 Å². The summed E-state index contributed by atoms with van der Waals surface area (Å²) in [6.07, 6.45) is 0.231. The Morgan fingerprint density at radius 1 is 0.852 bits per heavy atom. The van der Waals surface area contributed by atoms with Crippen LogP contribution in [0.1, 0.15) is 34.1 Å². The Bertz CT molecular complexity index is 612. The van der Waals surface area contributed by atoms with Crippen molar-refractivity contribution in [3.63, 3.8) is 0 Å². The van der Waals surface area contributed by atoms with Gasteiger partial charge in [-0.1, -0.05) is 12.1 Å². The summed E-state index contributed by atoms with van der Waals surface area (Å²) in [5, 5.41) is 0. The molecule has 1 aliphatic rings. The molecule has 0 aromatic heterocycles. The van der Waals surface area contributed by atoms with E-state index in [1.54, 1.807) is 31.2 Å². The van der Waals surface area contributed by atoms with Crippen LogP contribution in [0.2, 0.25) is 0 Å². The van der Waals surface area contributed by atoms with Crippen molar-refractivity contribution in [1.29, 1.82) is 0 Å². The first-order valence-electron chi connectivity index (χ1n) is 8.99. The number of fused-ring (bicyclic) bond motifs is 1. The highest BCUT2D eigenvalue weighted by molar-refractivity contribution is 6.21. The van der Waals surface area contributed by atoms with Crippen LogP contribution in [0.4, 0.5) is 0 Å². The normalized spacial score (nSPS) is 13.1. The third-order valence-electron chi connectivity index (χ3n) is 3.84. The number of carbonyl (C=O) groups is 3. The van der Waals surface area contributed by atoms with E-state index in [1.807, 2.05) is 0 Å². The van der Waals surface area contributed by atoms with Gasteiger partial charge >= 0.3 is 5.97 Å². The zero-order valence-corrected chi connectivity index (χ0v) is 15.5. The summed E-state index contributed by atoms with van der Waals surface area (Å²) in [5.41, 5.74) is 0.877. The van der Waals surface area contributed by atoms with Gasteiger partial charge in [-0.25, -0.2) is 0 Å². The minimum absolute atomic E-state index is 0.212. The second-order valence-electron chi connectivity index (χ2n) is 5.70. The molecule has 1 heterocycles. The number of esters is 1. The largest absolute Gasteiger partial charge is 0.466 e. The lowest BCUT2D eigenvalue weighted by molar-refractivity contribution is -0.144. The van der Waals surface area contributed by atoms with E-state index >= 15 is 0 Å². The van der Waals surface area contributed by atoms with Gasteiger partial charge in [0.2, 0.25) is 0 Å². The molecular formula is C19H25NO7. The number of ether oxygens (including phenoxy) is 4. The predicted molar refractivity (Wildman–Crippen MR) is 95.5 cm³/mol. The van der Waals surface area contributed by atoms with Crippen LogP contribution < -0.4 is 0 Å². The van der Waals surface area contributed by atoms with Crippen LogP contribution >= 0.6 is 0 Å². The SMILES string of the molecule is CCOC(=O)CCOCCOCCOCCN1C(=O)c2ccccc2C1=O. The summed E-state index contributed by atoms with van der Waals surface area (Å²) < 4.78 is 20.8. The average molecular weight is 379 g/mol. The van der Waals surface area contributed by atoms with Crippen molar-refractivity contribution in [1.82, 2.24) is 4.90 Å². The molecular weight excluding hydrogens is 354 g/mol. The summed E-state index contributed by atoms with van der Waals surface area (Å²) in [5.74, 6) is -0.837. The molecule has 0 aliphatic carbocycles. The first kappa shape index (κ1) is 21.0. The Morgan fingerprint density at radius 3 is 1.93 bits per heavy atom. The zero-order chi connectivity index (χ0) is 19.5. The highest BCUT2D eigenvalue weighted by atomic mass is 16.5. The maximum Gasteiger partial charge on any atom is 0.308 e. The Kier molecular flexibility index (Phi) is 8.90. The zero-order valence-electron chi connectivity index (χ0n) is 15.5. The lowest BCUT2D eigenvalue weighted by atomic mass is 10.1. The van der Waals surface area contributed by atoms with Crippen LogP contribution in [-0.4, -0.2) is 75.5 Å². The number of hydrogen-bond acceptors (Lipinski definition) is 7. The van der Waals surface area contributed by atoms with E-state index in [-0.39, 0.29) is 37.4 Å². The van der Waals surface area contributed by atoms with Gasteiger partial charge in [0, 0.05) is 0 Å². The topological polar surface area (TPSA) is 91.4 Å². The van der Waals surface area contributed by atoms with E-state index in [9.17, 15) is 14.4 Å². The molecule has 0 radical (unpaired) electrons. The average Bonchev–Trinajstić information content (AvgIpc) is 2.91. The van der Waals surface area contributed by atoms with Crippen LogP contribution in [0.25, 0.3) is 0 Å². The molecule has 2 amide bonds. The van der Waals surface area contributed by atoms with Gasteiger partial charge in [0.15, 0.2) is 0 Å². The van der Waals surface area contributed by atoms with Crippen LogP contribution in [-0.2, 0) is 23.7 Å². The minimum Gasteiger partial charge on any atom is -0.466 e. The third-order valence-corrected chi connectivity index (χ3v) is 3.84. The van der Waals surface area contributed by atoms with E-state index in [1.165, 1.54) is 4.90 Å². The lowest BCUT2D eigenvalue weighted by Crippen LogP contribution is -2.33. The fraction of sp³-hybridized carbons (Fsp3) is 0.526. The van der Waals surface area contributed by atoms with Crippen molar-refractivity contribution in [2.24, 2.45) is 0 Å². The summed E-state index contributed by atoms with van der Waals surface area (Å²) in [7, 11) is 0. The summed E-state index contributed by atoms with van der Waals surface area (Å²) in [4.78, 5) is 36.6. The number of amides is 2. The molecule has 0 unspecified atom stereocenters. The van der Waals surface area contributed by atoms with Gasteiger partial charge in [0.25, 0.3) is 11.8 Å². The first-order valence-corrected chi connectivity index (χ1v) is 8.99. The molecule has 8 nitrogen and oxygen atoms in total. The Morgan fingerprint density at radius 2 is 1.37 bits per heavy atom. The molecule has 0 atom stereocenters. The van der Waals surface area contributed by atoms with Gasteiger partial charge in [0.1, 0.15) is 0 Å². The number of imide groups is 1. The van der Waals surface area contributed by atoms with Crippen molar-refractivity contribution >= 4 is 17.8 Å². The van der Waals surface area contributed by atoms with Gasteiger partial charge in [0.05, 0.1) is 70.3 Å². The first-order chi connectivity index (χ1) is 13.1. The van der Waals surface area contributed by atoms with Crippen molar-refractivity contribution in [2.75, 3.05) is 52.8 Å². The fourth-order valence-electron chi connectivity index (χ4n) is 2.53. The smallest absolute Gasteiger partial charge is 0.308 e. The molecule has 0 spiro atoms. The molecule has 2 rings (SSSR count). The van der Waals surface area contributed by atoms with Crippen LogP contribution in [0, 0.1) is 0 Å². The standard InChI is InChI=1S/C19H25NO7/c1-2-27-17(21)7-9-24-11-13-26-14-12-25-10-8-20-18(22)15-5-3-4-6-16(15)19(20)23/h3-6H,2,7-14H2,1H3. The summed E-state index contributed by atoms with van der Waals surface area (Å²) in [6.45, 7) is 4.41.